The van der Waals surface area contributed by atoms with Gasteiger partial charge in [0.1, 0.15) is 11.9 Å². The highest BCUT2D eigenvalue weighted by atomic mass is 16.5. The first-order valence-corrected chi connectivity index (χ1v) is 14.4. The lowest BCUT2D eigenvalue weighted by molar-refractivity contribution is -0.0749. The molecular weight excluding hydrogens is 460 g/mol. The van der Waals surface area contributed by atoms with E-state index < -0.39 is 11.5 Å². The Bertz CT molecular complexity index is 957. The van der Waals surface area contributed by atoms with Crippen LogP contribution in [0, 0.1) is 5.41 Å². The molecule has 0 bridgehead atoms. The fraction of sp³-hybridized carbons (Fsp3) is 0.636. The molecule has 4 heteroatoms. The third-order valence-corrected chi connectivity index (χ3v) is 8.82. The van der Waals surface area contributed by atoms with Crippen LogP contribution < -0.4 is 4.74 Å². The molecule has 0 saturated carbocycles. The molecule has 0 fully saturated rings. The summed E-state index contributed by atoms with van der Waals surface area (Å²) in [5.41, 5.74) is 4.56. The largest absolute Gasteiger partial charge is 0.485 e. The monoisotopic (exact) mass is 512 g/mol. The van der Waals surface area contributed by atoms with Gasteiger partial charge in [0, 0.05) is 0 Å². The fourth-order valence-electron chi connectivity index (χ4n) is 4.89. The first kappa shape index (κ1) is 31.3. The van der Waals surface area contributed by atoms with Crippen LogP contribution in [-0.4, -0.2) is 35.1 Å². The van der Waals surface area contributed by atoms with Gasteiger partial charge in [0.25, 0.3) is 0 Å². The zero-order chi connectivity index (χ0) is 27.8. The normalized spacial score (nSPS) is 16.2. The molecule has 0 aliphatic rings. The van der Waals surface area contributed by atoms with Crippen molar-refractivity contribution in [2.45, 2.75) is 111 Å². The Balaban J connectivity index is 2.78. The van der Waals surface area contributed by atoms with E-state index in [0.29, 0.717) is 11.8 Å². The molecular formula is C33H52O4. The van der Waals surface area contributed by atoms with Crippen LogP contribution in [0.1, 0.15) is 139 Å². The second-order valence-electron chi connectivity index (χ2n) is 11.3. The Hall–Kier alpha value is -1.88. The minimum Gasteiger partial charge on any atom is -0.485 e. The molecule has 5 atom stereocenters. The highest BCUT2D eigenvalue weighted by Gasteiger charge is 2.42. The van der Waals surface area contributed by atoms with Crippen molar-refractivity contribution in [3.05, 3.63) is 64.2 Å². The molecule has 0 aliphatic heterocycles. The van der Waals surface area contributed by atoms with Crippen LogP contribution in [0.25, 0.3) is 0 Å². The standard InChI is InChI=1S/C33H52O4/c1-9-22(5)26-13-15-28(29(17-26)24(7)11-3)32(33(19-34,20-35)21-36)37-31-16-14-27(23(6)10-2)18-30(31)25(8)12-4/h13-18,22-25,32,34-36H,9-12,19-21H2,1-8H3. The molecule has 3 N–H and O–H groups in total. The number of rotatable bonds is 15. The summed E-state index contributed by atoms with van der Waals surface area (Å²) in [6.45, 7) is 16.5. The van der Waals surface area contributed by atoms with Gasteiger partial charge in [-0.1, -0.05) is 85.7 Å². The Morgan fingerprint density at radius 1 is 0.595 bits per heavy atom. The van der Waals surface area contributed by atoms with Crippen LogP contribution in [0.5, 0.6) is 5.75 Å². The van der Waals surface area contributed by atoms with E-state index >= 15 is 0 Å². The molecule has 0 spiro atoms. The first-order chi connectivity index (χ1) is 17.7. The predicted molar refractivity (Wildman–Crippen MR) is 155 cm³/mol. The van der Waals surface area contributed by atoms with E-state index in [1.165, 1.54) is 11.1 Å². The highest BCUT2D eigenvalue weighted by molar-refractivity contribution is 5.43. The van der Waals surface area contributed by atoms with E-state index in [2.05, 4.69) is 85.7 Å². The molecule has 2 rings (SSSR count). The molecule has 2 aromatic rings. The van der Waals surface area contributed by atoms with Gasteiger partial charge < -0.3 is 20.1 Å². The SMILES string of the molecule is CCC(C)c1ccc(OC(c2ccc(C(C)CC)cc2C(C)CC)C(CO)(CO)CO)c(C(C)CC)c1. The lowest BCUT2D eigenvalue weighted by atomic mass is 9.76. The van der Waals surface area contributed by atoms with Crippen molar-refractivity contribution in [3.63, 3.8) is 0 Å². The zero-order valence-corrected chi connectivity index (χ0v) is 24.6. The lowest BCUT2D eigenvalue weighted by Crippen LogP contribution is -2.43. The summed E-state index contributed by atoms with van der Waals surface area (Å²) in [5, 5.41) is 31.6. The molecule has 5 unspecified atom stereocenters. The van der Waals surface area contributed by atoms with Crippen LogP contribution in [0.4, 0.5) is 0 Å². The van der Waals surface area contributed by atoms with E-state index in [1.807, 2.05) is 6.07 Å². The number of hydrogen-bond acceptors (Lipinski definition) is 4. The Morgan fingerprint density at radius 3 is 1.49 bits per heavy atom. The molecule has 0 heterocycles. The molecule has 0 saturated heterocycles. The topological polar surface area (TPSA) is 69.9 Å². The number of aliphatic hydroxyl groups excluding tert-OH is 3. The summed E-state index contributed by atoms with van der Waals surface area (Å²) in [6.07, 6.45) is 3.33. The van der Waals surface area contributed by atoms with Gasteiger partial charge in [0.15, 0.2) is 0 Å². The Kier molecular flexibility index (Phi) is 12.1. The molecule has 208 valence electrons. The fourth-order valence-corrected chi connectivity index (χ4v) is 4.89. The maximum Gasteiger partial charge on any atom is 0.136 e. The average molecular weight is 513 g/mol. The highest BCUT2D eigenvalue weighted by Crippen LogP contribution is 2.44. The van der Waals surface area contributed by atoms with Gasteiger partial charge in [-0.2, -0.15) is 0 Å². The van der Waals surface area contributed by atoms with Gasteiger partial charge in [0.2, 0.25) is 0 Å². The summed E-state index contributed by atoms with van der Waals surface area (Å²) in [7, 11) is 0. The van der Waals surface area contributed by atoms with Crippen molar-refractivity contribution in [1.82, 2.24) is 0 Å². The van der Waals surface area contributed by atoms with Gasteiger partial charge in [-0.25, -0.2) is 0 Å². The van der Waals surface area contributed by atoms with Crippen LogP contribution in [-0.2, 0) is 0 Å². The third kappa shape index (κ3) is 6.96. The predicted octanol–water partition coefficient (Wildman–Crippen LogP) is 7.82. The average Bonchev–Trinajstić information content (AvgIpc) is 2.95. The van der Waals surface area contributed by atoms with E-state index in [9.17, 15) is 15.3 Å². The van der Waals surface area contributed by atoms with E-state index in [-0.39, 0.29) is 31.7 Å². The minimum atomic E-state index is -1.23. The molecule has 0 aliphatic carbocycles. The molecule has 37 heavy (non-hydrogen) atoms. The summed E-state index contributed by atoms with van der Waals surface area (Å²) < 4.78 is 6.84. The number of aliphatic hydroxyl groups is 3. The van der Waals surface area contributed by atoms with E-state index in [1.54, 1.807) is 0 Å². The first-order valence-electron chi connectivity index (χ1n) is 14.4. The van der Waals surface area contributed by atoms with Crippen LogP contribution in [0.15, 0.2) is 36.4 Å². The number of benzene rings is 2. The zero-order valence-electron chi connectivity index (χ0n) is 24.6. The van der Waals surface area contributed by atoms with Crippen molar-refractivity contribution >= 4 is 0 Å². The maximum atomic E-state index is 10.5. The molecule has 0 amide bonds. The van der Waals surface area contributed by atoms with Gasteiger partial charge in [-0.05, 0) is 83.2 Å². The minimum absolute atomic E-state index is 0.265. The van der Waals surface area contributed by atoms with Crippen molar-refractivity contribution in [2.24, 2.45) is 5.41 Å². The van der Waals surface area contributed by atoms with E-state index in [0.717, 1.165) is 48.1 Å². The molecule has 2 aromatic carbocycles. The van der Waals surface area contributed by atoms with Crippen LogP contribution >= 0.6 is 0 Å². The second kappa shape index (κ2) is 14.3. The van der Waals surface area contributed by atoms with Crippen molar-refractivity contribution in [1.29, 1.82) is 0 Å². The van der Waals surface area contributed by atoms with Crippen molar-refractivity contribution in [2.75, 3.05) is 19.8 Å². The maximum absolute atomic E-state index is 10.5. The number of hydrogen-bond donors (Lipinski definition) is 3. The van der Waals surface area contributed by atoms with Gasteiger partial charge in [-0.3, -0.25) is 0 Å². The van der Waals surface area contributed by atoms with Crippen molar-refractivity contribution < 1.29 is 20.1 Å². The van der Waals surface area contributed by atoms with Crippen LogP contribution in [0.3, 0.4) is 0 Å². The van der Waals surface area contributed by atoms with E-state index in [4.69, 9.17) is 4.74 Å². The summed E-state index contributed by atoms with van der Waals surface area (Å²) >= 11 is 0. The molecule has 0 radical (unpaired) electrons. The smallest absolute Gasteiger partial charge is 0.136 e. The second-order valence-corrected chi connectivity index (χ2v) is 11.3. The van der Waals surface area contributed by atoms with Gasteiger partial charge in [0.05, 0.1) is 25.2 Å². The summed E-state index contributed by atoms with van der Waals surface area (Å²) in [5.74, 6) is 2.19. The quantitative estimate of drug-likeness (QED) is 0.227. The summed E-state index contributed by atoms with van der Waals surface area (Å²) in [4.78, 5) is 0. The third-order valence-electron chi connectivity index (χ3n) is 8.82. The molecule has 0 aromatic heterocycles. The Morgan fingerprint density at radius 2 is 1.03 bits per heavy atom. The Labute approximate surface area is 226 Å². The number of ether oxygens (including phenoxy) is 1. The van der Waals surface area contributed by atoms with Crippen molar-refractivity contribution in [3.8, 4) is 5.75 Å². The molecule has 4 nitrogen and oxygen atoms in total. The van der Waals surface area contributed by atoms with Gasteiger partial charge in [-0.15, -0.1) is 0 Å². The van der Waals surface area contributed by atoms with Crippen LogP contribution in [0.2, 0.25) is 0 Å². The summed E-state index contributed by atoms with van der Waals surface area (Å²) in [6, 6.07) is 12.9. The van der Waals surface area contributed by atoms with Gasteiger partial charge >= 0.3 is 0 Å². The lowest BCUT2D eigenvalue weighted by Gasteiger charge is -2.39.